The van der Waals surface area contributed by atoms with Crippen molar-refractivity contribution in [3.63, 3.8) is 0 Å². The number of carbonyl (C=O) groups excluding carboxylic acids is 4. The molecule has 49 heavy (non-hydrogen) atoms. The molecular weight excluding hydrogens is 650 g/mol. The first-order chi connectivity index (χ1) is 22.6. The monoisotopic (exact) mass is 699 g/mol. The van der Waals surface area contributed by atoms with Gasteiger partial charge >= 0.3 is 6.09 Å². The molecular formula is C35H49N5O8S. The molecule has 4 rings (SSSR count). The molecule has 2 fully saturated rings. The number of fused-ring (bicyclic) bond motifs is 1. The Morgan fingerprint density at radius 3 is 2.35 bits per heavy atom. The van der Waals surface area contributed by atoms with Crippen molar-refractivity contribution in [3.8, 4) is 5.88 Å². The van der Waals surface area contributed by atoms with Crippen molar-refractivity contribution in [1.29, 1.82) is 0 Å². The molecule has 14 heteroatoms. The van der Waals surface area contributed by atoms with Gasteiger partial charge in [0.15, 0.2) is 0 Å². The molecule has 1 aliphatic carbocycles. The lowest BCUT2D eigenvalue weighted by Crippen LogP contribution is -2.62. The molecule has 0 bridgehead atoms. The summed E-state index contributed by atoms with van der Waals surface area (Å²) in [5.41, 5.74) is -2.28. The molecule has 13 nitrogen and oxygen atoms in total. The van der Waals surface area contributed by atoms with Crippen LogP contribution < -0.4 is 20.1 Å². The average molecular weight is 700 g/mol. The van der Waals surface area contributed by atoms with Gasteiger partial charge in [-0.25, -0.2) is 18.2 Å². The molecule has 1 aromatic heterocycles. The van der Waals surface area contributed by atoms with E-state index in [0.29, 0.717) is 18.7 Å². The highest BCUT2D eigenvalue weighted by atomic mass is 32.2. The fourth-order valence-corrected chi connectivity index (χ4v) is 7.09. The second-order valence-electron chi connectivity index (χ2n) is 15.3. The smallest absolute Gasteiger partial charge is 0.408 e. The van der Waals surface area contributed by atoms with Crippen LogP contribution in [0.15, 0.2) is 43.1 Å². The van der Waals surface area contributed by atoms with Crippen molar-refractivity contribution in [3.05, 3.63) is 48.7 Å². The van der Waals surface area contributed by atoms with Crippen LogP contribution in [-0.2, 0) is 29.1 Å². The maximum atomic E-state index is 14.4. The number of rotatable bonds is 11. The minimum atomic E-state index is -3.91. The Kier molecular flexibility index (Phi) is 10.7. The standard InChI is InChI=1S/C35H49N5O8S/c1-10-16-35(9,31(43)39-49(45,46)24-12-13-24)38-28(41)26-19-23(47-29-25-14-11-21(2)18-22(25)15-17-36-29)20-40(26)30(42)27(33(3,4)5)37-32(44)48-34(6,7)8/h10-11,14-15,17-18,23-24,26-27H,1,12-13,16,19-20H2,2-9H3,(H,37,44)(H,38,41)(H,39,43). The molecule has 2 aromatic rings. The number of nitrogens with one attached hydrogen (secondary N) is 3. The van der Waals surface area contributed by atoms with Gasteiger partial charge in [-0.05, 0) is 76.8 Å². The average Bonchev–Trinajstić information content (AvgIpc) is 3.75. The molecule has 2 aliphatic rings. The lowest BCUT2D eigenvalue weighted by Gasteiger charge is -2.36. The summed E-state index contributed by atoms with van der Waals surface area (Å²) in [5.74, 6) is -1.84. The molecule has 268 valence electrons. The highest BCUT2D eigenvalue weighted by molar-refractivity contribution is 7.91. The number of aryl methyl sites for hydroxylation is 1. The molecule has 4 unspecified atom stereocenters. The van der Waals surface area contributed by atoms with Crippen molar-refractivity contribution in [2.24, 2.45) is 5.41 Å². The summed E-state index contributed by atoms with van der Waals surface area (Å²) in [6.07, 6.45) is 2.37. The van der Waals surface area contributed by atoms with Crippen molar-refractivity contribution < 1.29 is 37.1 Å². The van der Waals surface area contributed by atoms with E-state index in [2.05, 4.69) is 26.9 Å². The molecule has 1 saturated carbocycles. The number of sulfonamides is 1. The van der Waals surface area contributed by atoms with Gasteiger partial charge in [0.05, 0.1) is 11.8 Å². The van der Waals surface area contributed by atoms with E-state index in [1.165, 1.54) is 17.9 Å². The van der Waals surface area contributed by atoms with Crippen LogP contribution in [0.3, 0.4) is 0 Å². The number of nitrogens with zero attached hydrogens (tertiary/aromatic N) is 2. The molecule has 1 saturated heterocycles. The van der Waals surface area contributed by atoms with E-state index in [1.54, 1.807) is 47.7 Å². The first-order valence-corrected chi connectivity index (χ1v) is 18.0. The van der Waals surface area contributed by atoms with Crippen molar-refractivity contribution in [2.75, 3.05) is 6.54 Å². The number of alkyl carbamates (subject to hydrolysis) is 1. The van der Waals surface area contributed by atoms with Gasteiger partial charge in [-0.3, -0.25) is 19.1 Å². The Morgan fingerprint density at radius 2 is 1.76 bits per heavy atom. The number of likely N-dealkylation sites (tertiary alicyclic amines) is 1. The third-order valence-electron chi connectivity index (χ3n) is 8.44. The number of aromatic nitrogens is 1. The van der Waals surface area contributed by atoms with Gasteiger partial charge in [-0.15, -0.1) is 6.58 Å². The minimum Gasteiger partial charge on any atom is -0.472 e. The molecule has 0 radical (unpaired) electrons. The van der Waals surface area contributed by atoms with Crippen LogP contribution in [0.5, 0.6) is 5.88 Å². The predicted octanol–water partition coefficient (Wildman–Crippen LogP) is 3.89. The molecule has 4 atom stereocenters. The number of ether oxygens (including phenoxy) is 2. The maximum absolute atomic E-state index is 14.4. The first kappa shape index (κ1) is 37.6. The zero-order chi connectivity index (χ0) is 36.5. The van der Waals surface area contributed by atoms with Crippen LogP contribution in [0.1, 0.15) is 79.7 Å². The summed E-state index contributed by atoms with van der Waals surface area (Å²) in [5, 5.41) is 6.41. The van der Waals surface area contributed by atoms with Crippen molar-refractivity contribution in [2.45, 2.75) is 116 Å². The zero-order valence-electron chi connectivity index (χ0n) is 29.6. The van der Waals surface area contributed by atoms with Gasteiger partial charge in [-0.2, -0.15) is 0 Å². The van der Waals surface area contributed by atoms with Gasteiger partial charge in [0.2, 0.25) is 27.7 Å². The van der Waals surface area contributed by atoms with Gasteiger partial charge in [0.1, 0.15) is 29.3 Å². The van der Waals surface area contributed by atoms with Gasteiger partial charge in [-0.1, -0.05) is 44.5 Å². The topological polar surface area (TPSA) is 173 Å². The highest BCUT2D eigenvalue weighted by Crippen LogP contribution is 2.32. The van der Waals surface area contributed by atoms with E-state index in [-0.39, 0.29) is 19.4 Å². The number of amides is 4. The number of pyridine rings is 1. The maximum Gasteiger partial charge on any atom is 0.408 e. The van der Waals surface area contributed by atoms with Gasteiger partial charge in [0.25, 0.3) is 5.91 Å². The van der Waals surface area contributed by atoms with E-state index >= 15 is 0 Å². The molecule has 1 aromatic carbocycles. The Labute approximate surface area is 288 Å². The largest absolute Gasteiger partial charge is 0.472 e. The van der Waals surface area contributed by atoms with Crippen molar-refractivity contribution >= 4 is 44.6 Å². The van der Waals surface area contributed by atoms with Crippen LogP contribution in [0, 0.1) is 12.3 Å². The number of hydrogen-bond acceptors (Lipinski definition) is 9. The van der Waals surface area contributed by atoms with E-state index < -0.39 is 73.8 Å². The van der Waals surface area contributed by atoms with Gasteiger partial charge < -0.3 is 25.0 Å². The molecule has 2 heterocycles. The second-order valence-corrected chi connectivity index (χ2v) is 17.2. The Hall–Kier alpha value is -4.20. The van der Waals surface area contributed by atoms with Crippen molar-refractivity contribution in [1.82, 2.24) is 25.2 Å². The highest BCUT2D eigenvalue weighted by Gasteiger charge is 2.48. The number of hydrogen-bond donors (Lipinski definition) is 3. The summed E-state index contributed by atoms with van der Waals surface area (Å²) in [6, 6.07) is 5.42. The van der Waals surface area contributed by atoms with Gasteiger partial charge in [0, 0.05) is 18.0 Å². The Morgan fingerprint density at radius 1 is 1.08 bits per heavy atom. The summed E-state index contributed by atoms with van der Waals surface area (Å²) in [4.78, 5) is 60.5. The normalized spacial score (nSPS) is 20.1. The van der Waals surface area contributed by atoms with Crippen LogP contribution in [0.4, 0.5) is 4.79 Å². The Bertz CT molecular complexity index is 1730. The van der Waals surface area contributed by atoms with Crippen LogP contribution >= 0.6 is 0 Å². The summed E-state index contributed by atoms with van der Waals surface area (Å²) in [6.45, 7) is 17.5. The summed E-state index contributed by atoms with van der Waals surface area (Å²) < 4.78 is 39.1. The number of carbonyl (C=O) groups is 4. The van der Waals surface area contributed by atoms with E-state index in [0.717, 1.165) is 16.3 Å². The summed E-state index contributed by atoms with van der Waals surface area (Å²) >= 11 is 0. The van der Waals surface area contributed by atoms with E-state index in [9.17, 15) is 27.6 Å². The zero-order valence-corrected chi connectivity index (χ0v) is 30.4. The molecule has 3 N–H and O–H groups in total. The van der Waals surface area contributed by atoms with Crippen LogP contribution in [0.25, 0.3) is 10.8 Å². The number of benzene rings is 1. The first-order valence-electron chi connectivity index (χ1n) is 16.4. The Balaban J connectivity index is 1.66. The molecule has 4 amide bonds. The van der Waals surface area contributed by atoms with E-state index in [4.69, 9.17) is 9.47 Å². The third-order valence-corrected chi connectivity index (χ3v) is 10.3. The SMILES string of the molecule is C=CCC(C)(NC(=O)C1CC(Oc2nccc3cc(C)ccc23)CN1C(=O)C(NC(=O)OC(C)(C)C)C(C)(C)C)C(=O)NS(=O)(=O)C1CC1. The van der Waals surface area contributed by atoms with Crippen LogP contribution in [0.2, 0.25) is 0 Å². The predicted molar refractivity (Wildman–Crippen MR) is 185 cm³/mol. The van der Waals surface area contributed by atoms with Crippen LogP contribution in [-0.4, -0.2) is 83.2 Å². The molecule has 0 spiro atoms. The lowest BCUT2D eigenvalue weighted by molar-refractivity contribution is -0.143. The fraction of sp³-hybridized carbons (Fsp3) is 0.571. The lowest BCUT2D eigenvalue weighted by atomic mass is 9.85. The second kappa shape index (κ2) is 14.0. The minimum absolute atomic E-state index is 0.0248. The third kappa shape index (κ3) is 9.28. The quantitative estimate of drug-likeness (QED) is 0.294. The summed E-state index contributed by atoms with van der Waals surface area (Å²) in [7, 11) is -3.91. The molecule has 1 aliphatic heterocycles. The fourth-order valence-electron chi connectivity index (χ4n) is 5.68. The van der Waals surface area contributed by atoms with E-state index in [1.807, 2.05) is 31.2 Å².